The van der Waals surface area contributed by atoms with Crippen LogP contribution in [0.5, 0.6) is 0 Å². The molecule has 7 heteroatoms. The van der Waals surface area contributed by atoms with Gasteiger partial charge in [-0.05, 0) is 31.6 Å². The van der Waals surface area contributed by atoms with Crippen molar-refractivity contribution >= 4 is 17.5 Å². The number of carbonyl (C=O) groups is 2. The smallest absolute Gasteiger partial charge is 0.229 e. The molecule has 3 aliphatic rings. The summed E-state index contributed by atoms with van der Waals surface area (Å²) in [4.78, 5) is 26.3. The number of anilines is 1. The standard InChI is InChI=1S/C17H24N4O3/c22-16-6-13(9-20(16)8-12-3-4-12)17(23)19-14-7-18-21(10-14)11-15-2-1-5-24-15/h7,10,12-13,15H,1-6,8-9,11H2,(H,19,23)/t13-,15-/m1/s1. The number of rotatable bonds is 6. The van der Waals surface area contributed by atoms with Crippen molar-refractivity contribution in [2.75, 3.05) is 25.0 Å². The van der Waals surface area contributed by atoms with Crippen LogP contribution in [0.15, 0.2) is 12.4 Å². The van der Waals surface area contributed by atoms with Gasteiger partial charge in [0, 0.05) is 32.3 Å². The highest BCUT2D eigenvalue weighted by molar-refractivity contribution is 5.97. The third-order valence-electron chi connectivity index (χ3n) is 5.08. The van der Waals surface area contributed by atoms with E-state index in [0.717, 1.165) is 26.0 Å². The molecule has 2 amide bonds. The third-order valence-corrected chi connectivity index (χ3v) is 5.08. The van der Waals surface area contributed by atoms with E-state index in [2.05, 4.69) is 10.4 Å². The van der Waals surface area contributed by atoms with E-state index in [9.17, 15) is 9.59 Å². The van der Waals surface area contributed by atoms with E-state index in [1.807, 2.05) is 15.8 Å². The van der Waals surface area contributed by atoms with Gasteiger partial charge in [0.25, 0.3) is 0 Å². The van der Waals surface area contributed by atoms with Crippen molar-refractivity contribution in [3.05, 3.63) is 12.4 Å². The third kappa shape index (κ3) is 3.61. The van der Waals surface area contributed by atoms with Gasteiger partial charge in [0.2, 0.25) is 11.8 Å². The van der Waals surface area contributed by atoms with Crippen molar-refractivity contribution in [2.45, 2.75) is 44.8 Å². The monoisotopic (exact) mass is 332 g/mol. The largest absolute Gasteiger partial charge is 0.376 e. The molecule has 7 nitrogen and oxygen atoms in total. The van der Waals surface area contributed by atoms with E-state index in [-0.39, 0.29) is 23.8 Å². The van der Waals surface area contributed by atoms with E-state index >= 15 is 0 Å². The molecule has 0 radical (unpaired) electrons. The summed E-state index contributed by atoms with van der Waals surface area (Å²) >= 11 is 0. The fraction of sp³-hybridized carbons (Fsp3) is 0.706. The predicted octanol–water partition coefficient (Wildman–Crippen LogP) is 1.26. The van der Waals surface area contributed by atoms with Gasteiger partial charge in [0.15, 0.2) is 0 Å². The van der Waals surface area contributed by atoms with Gasteiger partial charge in [0.05, 0.1) is 30.5 Å². The Labute approximate surface area is 141 Å². The van der Waals surface area contributed by atoms with E-state index in [1.165, 1.54) is 12.8 Å². The van der Waals surface area contributed by atoms with Gasteiger partial charge in [-0.2, -0.15) is 5.10 Å². The minimum Gasteiger partial charge on any atom is -0.376 e. The van der Waals surface area contributed by atoms with Crippen molar-refractivity contribution in [3.63, 3.8) is 0 Å². The summed E-state index contributed by atoms with van der Waals surface area (Å²) in [6.45, 7) is 2.91. The number of nitrogens with zero attached hydrogens (tertiary/aromatic N) is 3. The van der Waals surface area contributed by atoms with Gasteiger partial charge in [-0.15, -0.1) is 0 Å². The van der Waals surface area contributed by atoms with Crippen LogP contribution in [0.4, 0.5) is 5.69 Å². The molecule has 1 aromatic heterocycles. The molecule has 2 atom stereocenters. The van der Waals surface area contributed by atoms with Crippen molar-refractivity contribution in [1.29, 1.82) is 0 Å². The van der Waals surface area contributed by atoms with Crippen LogP contribution in [0.3, 0.4) is 0 Å². The first-order chi connectivity index (χ1) is 11.7. The molecule has 1 aromatic rings. The zero-order chi connectivity index (χ0) is 16.5. The Morgan fingerprint density at radius 3 is 2.96 bits per heavy atom. The van der Waals surface area contributed by atoms with Gasteiger partial charge < -0.3 is 15.0 Å². The zero-order valence-electron chi connectivity index (χ0n) is 13.8. The van der Waals surface area contributed by atoms with Crippen molar-refractivity contribution in [1.82, 2.24) is 14.7 Å². The van der Waals surface area contributed by atoms with E-state index in [0.29, 0.717) is 31.1 Å². The predicted molar refractivity (Wildman–Crippen MR) is 87.2 cm³/mol. The van der Waals surface area contributed by atoms with E-state index < -0.39 is 0 Å². The SMILES string of the molecule is O=C(Nc1cnn(C[C@H]2CCCO2)c1)[C@@H]1CC(=O)N(CC2CC2)C1. The molecule has 1 N–H and O–H groups in total. The Morgan fingerprint density at radius 2 is 2.21 bits per heavy atom. The molecule has 1 aliphatic carbocycles. The zero-order valence-corrected chi connectivity index (χ0v) is 13.8. The van der Waals surface area contributed by atoms with Crippen molar-refractivity contribution in [2.24, 2.45) is 11.8 Å². The Balaban J connectivity index is 1.29. The second-order valence-electron chi connectivity index (χ2n) is 7.22. The minimum atomic E-state index is -0.252. The van der Waals surface area contributed by atoms with Crippen LogP contribution in [-0.2, 0) is 20.9 Å². The van der Waals surface area contributed by atoms with Crippen LogP contribution >= 0.6 is 0 Å². The summed E-state index contributed by atoms with van der Waals surface area (Å²) in [5.41, 5.74) is 0.686. The second kappa shape index (κ2) is 6.55. The second-order valence-corrected chi connectivity index (χ2v) is 7.22. The first-order valence-corrected chi connectivity index (χ1v) is 8.90. The molecule has 0 unspecified atom stereocenters. The Morgan fingerprint density at radius 1 is 1.33 bits per heavy atom. The van der Waals surface area contributed by atoms with E-state index in [1.54, 1.807) is 6.20 Å². The highest BCUT2D eigenvalue weighted by atomic mass is 16.5. The van der Waals surface area contributed by atoms with E-state index in [4.69, 9.17) is 4.74 Å². The molecule has 3 heterocycles. The van der Waals surface area contributed by atoms with Gasteiger partial charge >= 0.3 is 0 Å². The van der Waals surface area contributed by atoms with Gasteiger partial charge in [-0.3, -0.25) is 14.3 Å². The summed E-state index contributed by atoms with van der Waals surface area (Å²) < 4.78 is 7.41. The average Bonchev–Trinajstić information content (AvgIpc) is 2.93. The van der Waals surface area contributed by atoms with Crippen LogP contribution in [0.2, 0.25) is 0 Å². The molecule has 0 bridgehead atoms. The minimum absolute atomic E-state index is 0.0849. The lowest BCUT2D eigenvalue weighted by Crippen LogP contribution is -2.29. The number of ether oxygens (including phenoxy) is 1. The lowest BCUT2D eigenvalue weighted by molar-refractivity contribution is -0.128. The van der Waals surface area contributed by atoms with Crippen LogP contribution < -0.4 is 5.32 Å². The van der Waals surface area contributed by atoms with Crippen LogP contribution in [0, 0.1) is 11.8 Å². The molecule has 0 spiro atoms. The fourth-order valence-corrected chi connectivity index (χ4v) is 3.51. The normalized spacial score (nSPS) is 27.0. The molecular weight excluding hydrogens is 308 g/mol. The Bertz CT molecular complexity index is 619. The number of hydrogen-bond acceptors (Lipinski definition) is 4. The summed E-state index contributed by atoms with van der Waals surface area (Å²) in [5.74, 6) is 0.430. The lowest BCUT2D eigenvalue weighted by atomic mass is 10.1. The molecule has 1 saturated carbocycles. The number of nitrogens with one attached hydrogen (secondary N) is 1. The highest BCUT2D eigenvalue weighted by Crippen LogP contribution is 2.32. The topological polar surface area (TPSA) is 76.5 Å². The number of aromatic nitrogens is 2. The average molecular weight is 332 g/mol. The first kappa shape index (κ1) is 15.6. The van der Waals surface area contributed by atoms with Crippen molar-refractivity contribution < 1.29 is 14.3 Å². The summed E-state index contributed by atoms with van der Waals surface area (Å²) in [6, 6.07) is 0. The molecule has 24 heavy (non-hydrogen) atoms. The van der Waals surface area contributed by atoms with Gasteiger partial charge in [0.1, 0.15) is 0 Å². The molecule has 3 fully saturated rings. The Kier molecular flexibility index (Phi) is 4.26. The maximum absolute atomic E-state index is 12.4. The van der Waals surface area contributed by atoms with Crippen molar-refractivity contribution in [3.8, 4) is 0 Å². The molecule has 4 rings (SSSR count). The highest BCUT2D eigenvalue weighted by Gasteiger charge is 2.37. The number of likely N-dealkylation sites (tertiary alicyclic amines) is 1. The molecule has 0 aromatic carbocycles. The van der Waals surface area contributed by atoms with Crippen LogP contribution in [-0.4, -0.2) is 52.3 Å². The lowest BCUT2D eigenvalue weighted by Gasteiger charge is -2.15. The number of amides is 2. The summed E-state index contributed by atoms with van der Waals surface area (Å²) in [6.07, 6.45) is 8.61. The maximum Gasteiger partial charge on any atom is 0.229 e. The molecule has 2 saturated heterocycles. The summed E-state index contributed by atoms with van der Waals surface area (Å²) in [5, 5.41) is 7.18. The van der Waals surface area contributed by atoms with Gasteiger partial charge in [-0.25, -0.2) is 0 Å². The van der Waals surface area contributed by atoms with Crippen LogP contribution in [0.1, 0.15) is 32.1 Å². The number of carbonyl (C=O) groups excluding carboxylic acids is 2. The molecule has 2 aliphatic heterocycles. The van der Waals surface area contributed by atoms with Crippen LogP contribution in [0.25, 0.3) is 0 Å². The maximum atomic E-state index is 12.4. The fourth-order valence-electron chi connectivity index (χ4n) is 3.51. The number of hydrogen-bond donors (Lipinski definition) is 1. The molecule has 130 valence electrons. The molecular formula is C17H24N4O3. The first-order valence-electron chi connectivity index (χ1n) is 8.90. The van der Waals surface area contributed by atoms with Gasteiger partial charge in [-0.1, -0.05) is 0 Å². The summed E-state index contributed by atoms with van der Waals surface area (Å²) in [7, 11) is 0. The Hall–Kier alpha value is -1.89. The quantitative estimate of drug-likeness (QED) is 0.851.